The van der Waals surface area contributed by atoms with Gasteiger partial charge in [-0.15, -0.1) is 0 Å². The predicted molar refractivity (Wildman–Crippen MR) is 219 cm³/mol. The minimum absolute atomic E-state index is 0.127. The highest BCUT2D eigenvalue weighted by molar-refractivity contribution is 6.00. The van der Waals surface area contributed by atoms with Crippen LogP contribution in [0.25, 0.3) is 39.1 Å². The van der Waals surface area contributed by atoms with Gasteiger partial charge in [-0.25, -0.2) is 14.8 Å². The van der Waals surface area contributed by atoms with Crippen LogP contribution in [0.2, 0.25) is 0 Å². The number of aliphatic hydroxyl groups is 1. The van der Waals surface area contributed by atoms with Crippen LogP contribution in [0.1, 0.15) is 84.0 Å². The minimum atomic E-state index is -0.799. The molecule has 310 valence electrons. The fourth-order valence-corrected chi connectivity index (χ4v) is 8.65. The number of aromatic amines is 2. The van der Waals surface area contributed by atoms with Crippen LogP contribution in [-0.4, -0.2) is 102 Å². The number of aliphatic hydroxyl groups excluding tert-OH is 1. The third kappa shape index (κ3) is 7.30. The molecular formula is C43H51N9O7. The van der Waals surface area contributed by atoms with Crippen molar-refractivity contribution in [2.24, 2.45) is 11.3 Å². The zero-order valence-corrected chi connectivity index (χ0v) is 34.2. The Bertz CT molecular complexity index is 2420. The first kappa shape index (κ1) is 39.7. The number of carbonyl (C=O) groups excluding carboxylic acids is 4. The zero-order valence-electron chi connectivity index (χ0n) is 34.2. The molecule has 3 aliphatic heterocycles. The first-order chi connectivity index (χ1) is 28.3. The van der Waals surface area contributed by atoms with Gasteiger partial charge in [0.1, 0.15) is 30.3 Å². The number of alkyl carbamates (subject to hydrolysis) is 1. The molecule has 16 heteroatoms. The number of aromatic nitrogens is 5. The standard InChI is InChI=1S/C43H51N9O7/c1-23(2)35(49-42(57)58-6)40(55)51-16-7-9-30(51)38-44-20-27(46-38)24-11-13-29-33(19-24)59-32-14-12-25(26-15-18-50(29)36(26)32)28-21-45-39(47-28)31-10-8-17-52(31)41(56)37(43(3,4)5)48-34(54)22-53/h11-15,18-21,23,30-31,35,37,53H,7-10,16-17,22H2,1-6H3,(H,44,46)(H,45,47)(H,48,54)(H,49,57)/t30-,31-,35-,37+/m0/s1. The smallest absolute Gasteiger partial charge is 0.407 e. The van der Waals surface area contributed by atoms with Crippen LogP contribution in [0.3, 0.4) is 0 Å². The first-order valence-electron chi connectivity index (χ1n) is 20.2. The third-order valence-electron chi connectivity index (χ3n) is 11.7. The van der Waals surface area contributed by atoms with Gasteiger partial charge in [-0.3, -0.25) is 14.4 Å². The van der Waals surface area contributed by atoms with Gasteiger partial charge in [0.25, 0.3) is 0 Å². The minimum Gasteiger partial charge on any atom is -0.453 e. The van der Waals surface area contributed by atoms with E-state index in [9.17, 15) is 24.3 Å². The van der Waals surface area contributed by atoms with E-state index in [-0.39, 0.29) is 29.8 Å². The summed E-state index contributed by atoms with van der Waals surface area (Å²) in [5.41, 5.74) is 4.65. The summed E-state index contributed by atoms with van der Waals surface area (Å²) in [6.45, 7) is 9.89. The lowest BCUT2D eigenvalue weighted by molar-refractivity contribution is -0.141. The molecule has 0 saturated carbocycles. The molecular weight excluding hydrogens is 755 g/mol. The molecule has 16 nitrogen and oxygen atoms in total. The molecule has 2 saturated heterocycles. The monoisotopic (exact) mass is 805 g/mol. The number of nitrogens with one attached hydrogen (secondary N) is 4. The van der Waals surface area contributed by atoms with Crippen molar-refractivity contribution in [1.29, 1.82) is 0 Å². The quantitative estimate of drug-likeness (QED) is 0.114. The lowest BCUT2D eigenvalue weighted by atomic mass is 9.85. The van der Waals surface area contributed by atoms with Crippen LogP contribution in [-0.2, 0) is 19.1 Å². The van der Waals surface area contributed by atoms with Gasteiger partial charge in [0.2, 0.25) is 17.7 Å². The largest absolute Gasteiger partial charge is 0.453 e. The van der Waals surface area contributed by atoms with E-state index in [0.717, 1.165) is 64.8 Å². The number of methoxy groups -OCH3 is 1. The van der Waals surface area contributed by atoms with E-state index >= 15 is 0 Å². The molecule has 2 aromatic carbocycles. The van der Waals surface area contributed by atoms with Crippen molar-refractivity contribution >= 4 is 34.7 Å². The van der Waals surface area contributed by atoms with Crippen LogP contribution >= 0.6 is 0 Å². The lowest BCUT2D eigenvalue weighted by Crippen LogP contribution is -2.55. The Kier molecular flexibility index (Phi) is 10.4. The van der Waals surface area contributed by atoms with Crippen LogP contribution in [0, 0.1) is 11.3 Å². The van der Waals surface area contributed by atoms with Crippen LogP contribution in [0.4, 0.5) is 4.79 Å². The zero-order chi connectivity index (χ0) is 41.7. The molecule has 0 spiro atoms. The summed E-state index contributed by atoms with van der Waals surface area (Å²) in [5.74, 6) is 1.67. The number of rotatable bonds is 10. The number of H-pyrrole nitrogens is 2. The number of carbonyl (C=O) groups is 4. The molecule has 0 unspecified atom stereocenters. The van der Waals surface area contributed by atoms with E-state index in [4.69, 9.17) is 19.4 Å². The maximum absolute atomic E-state index is 13.9. The number of fused-ring (bicyclic) bond motifs is 2. The molecule has 5 aromatic rings. The number of hydrogen-bond acceptors (Lipinski definition) is 9. The fraction of sp³-hybridized carbons (Fsp3) is 0.442. The van der Waals surface area contributed by atoms with Gasteiger partial charge in [-0.05, 0) is 67.3 Å². The van der Waals surface area contributed by atoms with Crippen molar-refractivity contribution in [3.63, 3.8) is 0 Å². The molecule has 2 fully saturated rings. The summed E-state index contributed by atoms with van der Waals surface area (Å²) in [5, 5.41) is 15.8. The summed E-state index contributed by atoms with van der Waals surface area (Å²) in [4.78, 5) is 71.7. The summed E-state index contributed by atoms with van der Waals surface area (Å²) in [6.07, 6.45) is 8.07. The molecule has 6 heterocycles. The van der Waals surface area contributed by atoms with Crippen LogP contribution in [0.5, 0.6) is 11.5 Å². The number of likely N-dealkylation sites (tertiary alicyclic amines) is 2. The van der Waals surface area contributed by atoms with E-state index in [1.165, 1.54) is 7.11 Å². The molecule has 4 amide bonds. The van der Waals surface area contributed by atoms with Crippen molar-refractivity contribution in [3.05, 3.63) is 66.6 Å². The molecule has 3 aliphatic rings. The second kappa shape index (κ2) is 15.5. The summed E-state index contributed by atoms with van der Waals surface area (Å²) in [6, 6.07) is 9.99. The highest BCUT2D eigenvalue weighted by Crippen LogP contribution is 2.45. The Morgan fingerprint density at radius 3 is 2.20 bits per heavy atom. The Hall–Kier alpha value is -6.16. The van der Waals surface area contributed by atoms with Crippen molar-refractivity contribution < 1.29 is 33.8 Å². The molecule has 0 radical (unpaired) electrons. The van der Waals surface area contributed by atoms with Gasteiger partial charge >= 0.3 is 6.09 Å². The first-order valence-corrected chi connectivity index (χ1v) is 20.2. The molecule has 59 heavy (non-hydrogen) atoms. The van der Waals surface area contributed by atoms with Crippen molar-refractivity contribution in [1.82, 2.24) is 44.9 Å². The molecule has 3 aromatic heterocycles. The van der Waals surface area contributed by atoms with Crippen molar-refractivity contribution in [2.45, 2.75) is 84.5 Å². The molecule has 0 aliphatic carbocycles. The highest BCUT2D eigenvalue weighted by atomic mass is 16.5. The van der Waals surface area contributed by atoms with Crippen LogP contribution < -0.4 is 15.4 Å². The van der Waals surface area contributed by atoms with Crippen molar-refractivity contribution in [2.75, 3.05) is 26.8 Å². The summed E-state index contributed by atoms with van der Waals surface area (Å²) >= 11 is 0. The molecule has 0 bridgehead atoms. The van der Waals surface area contributed by atoms with Gasteiger partial charge in [-0.2, -0.15) is 0 Å². The third-order valence-corrected chi connectivity index (χ3v) is 11.7. The topological polar surface area (TPSA) is 200 Å². The Morgan fingerprint density at radius 2 is 1.56 bits per heavy atom. The second-order valence-corrected chi connectivity index (χ2v) is 17.0. The predicted octanol–water partition coefficient (Wildman–Crippen LogP) is 5.75. The Morgan fingerprint density at radius 1 is 0.898 bits per heavy atom. The van der Waals surface area contributed by atoms with E-state index < -0.39 is 36.1 Å². The lowest BCUT2D eigenvalue weighted by Gasteiger charge is -2.35. The summed E-state index contributed by atoms with van der Waals surface area (Å²) < 4.78 is 13.4. The number of imidazole rings is 2. The number of amides is 4. The number of hydrogen-bond donors (Lipinski definition) is 5. The maximum Gasteiger partial charge on any atom is 0.407 e. The van der Waals surface area contributed by atoms with E-state index in [1.807, 2.05) is 71.1 Å². The SMILES string of the molecule is COC(=O)N[C@H](C(=O)N1CCC[C@H]1c1ncc(-c2ccc3c(c2)Oc2ccc(-c4cnc([C@@H]5CCCN5C(=O)[C@@H](NC(=O)CO)C(C)(C)C)[nH]4)c4ccn-3c24)[nH]1)C(C)C. The average Bonchev–Trinajstić information content (AvgIpc) is 4.07. The highest BCUT2D eigenvalue weighted by Gasteiger charge is 2.41. The second-order valence-electron chi connectivity index (χ2n) is 17.0. The normalized spacial score (nSPS) is 18.4. The van der Waals surface area contributed by atoms with Gasteiger partial charge in [-0.1, -0.05) is 40.7 Å². The fourth-order valence-electron chi connectivity index (χ4n) is 8.65. The Labute approximate surface area is 341 Å². The van der Waals surface area contributed by atoms with Gasteiger partial charge < -0.3 is 49.5 Å². The summed E-state index contributed by atoms with van der Waals surface area (Å²) in [7, 11) is 1.28. The molecule has 4 atom stereocenters. The number of nitrogens with zero attached hydrogens (tertiary/aromatic N) is 5. The van der Waals surface area contributed by atoms with E-state index in [1.54, 1.807) is 22.2 Å². The maximum atomic E-state index is 13.9. The van der Waals surface area contributed by atoms with Gasteiger partial charge in [0, 0.05) is 35.8 Å². The van der Waals surface area contributed by atoms with Crippen molar-refractivity contribution in [3.8, 4) is 39.7 Å². The van der Waals surface area contributed by atoms with Gasteiger partial charge in [0.05, 0.1) is 54.2 Å². The average molecular weight is 806 g/mol. The molecule has 5 N–H and O–H groups in total. The van der Waals surface area contributed by atoms with Crippen LogP contribution in [0.15, 0.2) is 55.0 Å². The Balaban J connectivity index is 1.02. The van der Waals surface area contributed by atoms with E-state index in [0.29, 0.717) is 36.2 Å². The molecule has 8 rings (SSSR count). The van der Waals surface area contributed by atoms with Gasteiger partial charge in [0.15, 0.2) is 11.5 Å². The van der Waals surface area contributed by atoms with E-state index in [2.05, 4.69) is 31.2 Å². The number of benzene rings is 2. The number of ether oxygens (including phenoxy) is 2.